The summed E-state index contributed by atoms with van der Waals surface area (Å²) in [5, 5.41) is 2.80. The van der Waals surface area contributed by atoms with Crippen LogP contribution in [0.5, 0.6) is 0 Å². The van der Waals surface area contributed by atoms with Crippen LogP contribution >= 0.6 is 0 Å². The Kier molecular flexibility index (Phi) is 3.02. The lowest BCUT2D eigenvalue weighted by molar-refractivity contribution is -0.119. The van der Waals surface area contributed by atoms with Gasteiger partial charge in [0.25, 0.3) is 10.0 Å². The predicted octanol–water partition coefficient (Wildman–Crippen LogP) is 2.06. The van der Waals surface area contributed by atoms with Gasteiger partial charge >= 0.3 is 0 Å². The molecule has 6 nitrogen and oxygen atoms in total. The Morgan fingerprint density at radius 1 is 1.25 bits per heavy atom. The number of pyridine rings is 1. The van der Waals surface area contributed by atoms with Crippen molar-refractivity contribution in [2.45, 2.75) is 30.6 Å². The standard InChI is InChI=1S/C17H17N3O3S/c1-17(2)13-9-12(3-4-14(13)19-16(17)21)24(22,23)20-8-6-11-10-18-7-5-15(11)20/h3-5,7,9-10H,6,8H2,1-2H3,(H,19,21). The van der Waals surface area contributed by atoms with Crippen LogP contribution in [0.2, 0.25) is 0 Å². The van der Waals surface area contributed by atoms with E-state index in [9.17, 15) is 13.2 Å². The zero-order valence-corrected chi connectivity index (χ0v) is 14.2. The first kappa shape index (κ1) is 15.1. The van der Waals surface area contributed by atoms with Gasteiger partial charge in [-0.1, -0.05) is 0 Å². The normalized spacial score (nSPS) is 18.2. The number of anilines is 2. The highest BCUT2D eigenvalue weighted by Crippen LogP contribution is 2.40. The summed E-state index contributed by atoms with van der Waals surface area (Å²) in [5.41, 5.74) is 2.25. The van der Waals surface area contributed by atoms with Crippen LogP contribution in [0, 0.1) is 0 Å². The van der Waals surface area contributed by atoms with E-state index < -0.39 is 15.4 Å². The van der Waals surface area contributed by atoms with Crippen molar-refractivity contribution >= 4 is 27.3 Å². The number of hydrogen-bond donors (Lipinski definition) is 1. The molecule has 1 aromatic carbocycles. The number of amides is 1. The maximum Gasteiger partial charge on any atom is 0.264 e. The molecule has 0 saturated heterocycles. The topological polar surface area (TPSA) is 79.4 Å². The van der Waals surface area contributed by atoms with Gasteiger partial charge in [-0.3, -0.25) is 14.1 Å². The molecule has 24 heavy (non-hydrogen) atoms. The summed E-state index contributed by atoms with van der Waals surface area (Å²) >= 11 is 0. The lowest BCUT2D eigenvalue weighted by Crippen LogP contribution is -2.30. The van der Waals surface area contributed by atoms with Crippen LogP contribution in [0.15, 0.2) is 41.6 Å². The van der Waals surface area contributed by atoms with Gasteiger partial charge in [0, 0.05) is 24.6 Å². The molecule has 1 amide bonds. The summed E-state index contributed by atoms with van der Waals surface area (Å²) in [5.74, 6) is -0.121. The van der Waals surface area contributed by atoms with Crippen molar-refractivity contribution in [3.8, 4) is 0 Å². The molecule has 0 unspecified atom stereocenters. The van der Waals surface area contributed by atoms with Gasteiger partial charge < -0.3 is 5.32 Å². The van der Waals surface area contributed by atoms with Crippen molar-refractivity contribution in [3.05, 3.63) is 47.8 Å². The van der Waals surface area contributed by atoms with Crippen molar-refractivity contribution < 1.29 is 13.2 Å². The minimum absolute atomic E-state index is 0.121. The van der Waals surface area contributed by atoms with E-state index in [1.807, 2.05) is 0 Å². The summed E-state index contributed by atoms with van der Waals surface area (Å²) in [6.45, 7) is 3.99. The maximum atomic E-state index is 13.1. The lowest BCUT2D eigenvalue weighted by atomic mass is 9.86. The molecule has 1 N–H and O–H groups in total. The molecule has 0 atom stereocenters. The first-order valence-corrected chi connectivity index (χ1v) is 9.17. The second kappa shape index (κ2) is 4.80. The number of fused-ring (bicyclic) bond motifs is 2. The van der Waals surface area contributed by atoms with Gasteiger partial charge in [0.2, 0.25) is 5.91 Å². The molecule has 0 bridgehead atoms. The van der Waals surface area contributed by atoms with Crippen LogP contribution < -0.4 is 9.62 Å². The lowest BCUT2D eigenvalue weighted by Gasteiger charge is -2.21. The Morgan fingerprint density at radius 2 is 2.04 bits per heavy atom. The molecule has 1 aromatic heterocycles. The number of nitrogens with zero attached hydrogens (tertiary/aromatic N) is 2. The molecule has 3 heterocycles. The van der Waals surface area contributed by atoms with E-state index in [0.29, 0.717) is 29.9 Å². The molecular formula is C17H17N3O3S. The molecule has 2 aromatic rings. The van der Waals surface area contributed by atoms with Crippen molar-refractivity contribution in [1.82, 2.24) is 4.98 Å². The summed E-state index contributed by atoms with van der Waals surface area (Å²) < 4.78 is 27.6. The minimum atomic E-state index is -3.67. The summed E-state index contributed by atoms with van der Waals surface area (Å²) in [4.78, 5) is 16.3. The summed E-state index contributed by atoms with van der Waals surface area (Å²) in [7, 11) is -3.67. The largest absolute Gasteiger partial charge is 0.325 e. The van der Waals surface area contributed by atoms with Crippen LogP contribution in [0.4, 0.5) is 11.4 Å². The number of aromatic nitrogens is 1. The number of nitrogens with one attached hydrogen (secondary N) is 1. The van der Waals surface area contributed by atoms with Gasteiger partial charge in [0.1, 0.15) is 0 Å². The van der Waals surface area contributed by atoms with E-state index in [2.05, 4.69) is 10.3 Å². The third-order valence-corrected chi connectivity index (χ3v) is 6.61. The molecule has 124 valence electrons. The first-order valence-electron chi connectivity index (χ1n) is 7.73. The van der Waals surface area contributed by atoms with Gasteiger partial charge in [-0.15, -0.1) is 0 Å². The second-order valence-corrected chi connectivity index (χ2v) is 8.48. The third-order valence-electron chi connectivity index (χ3n) is 4.80. The fourth-order valence-electron chi connectivity index (χ4n) is 3.29. The van der Waals surface area contributed by atoms with E-state index in [4.69, 9.17) is 0 Å². The zero-order valence-electron chi connectivity index (χ0n) is 13.4. The number of sulfonamides is 1. The van der Waals surface area contributed by atoms with Crippen LogP contribution in [0.3, 0.4) is 0 Å². The SMILES string of the molecule is CC1(C)C(=O)Nc2ccc(S(=O)(=O)N3CCc4cnccc43)cc21. The van der Waals surface area contributed by atoms with Crippen LogP contribution in [0.1, 0.15) is 25.0 Å². The second-order valence-electron chi connectivity index (χ2n) is 6.62. The summed E-state index contributed by atoms with van der Waals surface area (Å²) in [6, 6.07) is 6.55. The minimum Gasteiger partial charge on any atom is -0.325 e. The van der Waals surface area contributed by atoms with Crippen molar-refractivity contribution in [2.75, 3.05) is 16.2 Å². The van der Waals surface area contributed by atoms with Gasteiger partial charge in [-0.25, -0.2) is 8.42 Å². The summed E-state index contributed by atoms with van der Waals surface area (Å²) in [6.07, 6.45) is 3.96. The smallest absolute Gasteiger partial charge is 0.264 e. The number of rotatable bonds is 2. The number of hydrogen-bond acceptors (Lipinski definition) is 4. The average Bonchev–Trinajstić information content (AvgIpc) is 3.07. The highest BCUT2D eigenvalue weighted by atomic mass is 32.2. The highest BCUT2D eigenvalue weighted by molar-refractivity contribution is 7.92. The van der Waals surface area contributed by atoms with E-state index in [1.165, 1.54) is 4.31 Å². The Hall–Kier alpha value is -2.41. The Balaban J connectivity index is 1.81. The van der Waals surface area contributed by atoms with Crippen molar-refractivity contribution in [3.63, 3.8) is 0 Å². The van der Waals surface area contributed by atoms with E-state index in [-0.39, 0.29) is 10.8 Å². The zero-order chi connectivity index (χ0) is 17.1. The average molecular weight is 343 g/mol. The molecule has 4 rings (SSSR count). The van der Waals surface area contributed by atoms with Crippen LogP contribution in [-0.2, 0) is 26.7 Å². The highest BCUT2D eigenvalue weighted by Gasteiger charge is 2.40. The number of carbonyl (C=O) groups is 1. The molecule has 0 fully saturated rings. The maximum absolute atomic E-state index is 13.1. The van der Waals surface area contributed by atoms with Crippen LogP contribution in [0.25, 0.3) is 0 Å². The Labute approximate surface area is 140 Å². The van der Waals surface area contributed by atoms with E-state index >= 15 is 0 Å². The molecule has 2 aliphatic rings. The van der Waals surface area contributed by atoms with Crippen molar-refractivity contribution in [1.29, 1.82) is 0 Å². The Bertz CT molecular complexity index is 967. The van der Waals surface area contributed by atoms with Gasteiger partial charge in [-0.05, 0) is 55.7 Å². The van der Waals surface area contributed by atoms with Gasteiger partial charge in [-0.2, -0.15) is 0 Å². The van der Waals surface area contributed by atoms with Gasteiger partial charge in [0.05, 0.1) is 16.0 Å². The monoisotopic (exact) mass is 343 g/mol. The molecule has 0 aliphatic carbocycles. The third kappa shape index (κ3) is 1.97. The molecule has 7 heteroatoms. The molecule has 0 saturated carbocycles. The fourth-order valence-corrected chi connectivity index (χ4v) is 4.82. The number of benzene rings is 1. The predicted molar refractivity (Wildman–Crippen MR) is 90.6 cm³/mol. The molecule has 0 spiro atoms. The molecule has 2 aliphatic heterocycles. The Morgan fingerprint density at radius 3 is 2.83 bits per heavy atom. The first-order chi connectivity index (χ1) is 11.3. The van der Waals surface area contributed by atoms with Gasteiger partial charge in [0.15, 0.2) is 0 Å². The van der Waals surface area contributed by atoms with E-state index in [0.717, 1.165) is 5.56 Å². The van der Waals surface area contributed by atoms with E-state index in [1.54, 1.807) is 50.5 Å². The fraction of sp³-hybridized carbons (Fsp3) is 0.294. The quantitative estimate of drug-likeness (QED) is 0.905. The van der Waals surface area contributed by atoms with Crippen molar-refractivity contribution in [2.24, 2.45) is 0 Å². The molecule has 0 radical (unpaired) electrons. The molecular weight excluding hydrogens is 326 g/mol. The number of carbonyl (C=O) groups excluding carboxylic acids is 1. The van der Waals surface area contributed by atoms with Crippen LogP contribution in [-0.4, -0.2) is 25.9 Å².